The van der Waals surface area contributed by atoms with Crippen molar-refractivity contribution >= 4 is 11.9 Å². The van der Waals surface area contributed by atoms with Crippen molar-refractivity contribution in [3.63, 3.8) is 0 Å². The number of urea groups is 1. The average molecular weight is 388 g/mol. The first-order valence-corrected chi connectivity index (χ1v) is 9.96. The third-order valence-corrected chi connectivity index (χ3v) is 6.66. The third-order valence-electron chi connectivity index (χ3n) is 6.66. The maximum absolute atomic E-state index is 13.1. The van der Waals surface area contributed by atoms with Gasteiger partial charge >= 0.3 is 6.03 Å². The van der Waals surface area contributed by atoms with Gasteiger partial charge in [0.05, 0.1) is 12.7 Å². The van der Waals surface area contributed by atoms with E-state index in [4.69, 9.17) is 14.2 Å². The Balaban J connectivity index is 1.68. The van der Waals surface area contributed by atoms with Crippen LogP contribution in [0.1, 0.15) is 43.2 Å². The van der Waals surface area contributed by atoms with E-state index in [-0.39, 0.29) is 17.4 Å². The molecule has 1 aromatic carbocycles. The van der Waals surface area contributed by atoms with E-state index in [9.17, 15) is 9.59 Å². The molecule has 1 unspecified atom stereocenters. The van der Waals surface area contributed by atoms with Crippen molar-refractivity contribution < 1.29 is 23.8 Å². The summed E-state index contributed by atoms with van der Waals surface area (Å²) in [4.78, 5) is 25.3. The molecule has 7 nitrogen and oxygen atoms in total. The Labute approximate surface area is 165 Å². The van der Waals surface area contributed by atoms with Crippen molar-refractivity contribution in [2.75, 3.05) is 27.4 Å². The molecule has 3 aliphatic rings. The minimum Gasteiger partial charge on any atom is -0.493 e. The van der Waals surface area contributed by atoms with E-state index >= 15 is 0 Å². The third kappa shape index (κ3) is 2.88. The van der Waals surface area contributed by atoms with Gasteiger partial charge < -0.3 is 19.5 Å². The van der Waals surface area contributed by atoms with Crippen molar-refractivity contribution in [2.45, 2.75) is 50.2 Å². The van der Waals surface area contributed by atoms with E-state index in [0.29, 0.717) is 19.0 Å². The zero-order valence-electron chi connectivity index (χ0n) is 16.5. The number of methoxy groups -OCH3 is 2. The first-order chi connectivity index (χ1) is 13.5. The number of hydrogen-bond donors (Lipinski definition) is 2. The smallest absolute Gasteiger partial charge is 0.322 e. The van der Waals surface area contributed by atoms with E-state index in [1.54, 1.807) is 14.2 Å². The molecule has 0 bridgehead atoms. The van der Waals surface area contributed by atoms with E-state index in [0.717, 1.165) is 49.7 Å². The fourth-order valence-corrected chi connectivity index (χ4v) is 5.27. The number of nitrogens with one attached hydrogen (secondary N) is 2. The first kappa shape index (κ1) is 19.2. The Kier molecular flexibility index (Phi) is 5.05. The number of rotatable bonds is 6. The van der Waals surface area contributed by atoms with E-state index < -0.39 is 11.6 Å². The summed E-state index contributed by atoms with van der Waals surface area (Å²) < 4.78 is 16.5. The highest BCUT2D eigenvalue weighted by molar-refractivity contribution is 6.08. The summed E-state index contributed by atoms with van der Waals surface area (Å²) in [5.74, 6) is 0.467. The van der Waals surface area contributed by atoms with Crippen LogP contribution in [0, 0.1) is 5.41 Å². The molecule has 4 rings (SSSR count). The van der Waals surface area contributed by atoms with Gasteiger partial charge in [0.15, 0.2) is 5.54 Å². The minimum absolute atomic E-state index is 0.214. The lowest BCUT2D eigenvalue weighted by Crippen LogP contribution is -2.56. The second-order valence-corrected chi connectivity index (χ2v) is 8.06. The number of fused-ring (bicyclic) bond motifs is 3. The second-order valence-electron chi connectivity index (χ2n) is 8.06. The lowest BCUT2D eigenvalue weighted by Gasteiger charge is -2.46. The van der Waals surface area contributed by atoms with Gasteiger partial charge in [-0.2, -0.15) is 0 Å². The van der Waals surface area contributed by atoms with Gasteiger partial charge in [-0.15, -0.1) is 0 Å². The fourth-order valence-electron chi connectivity index (χ4n) is 5.27. The Morgan fingerprint density at radius 2 is 1.93 bits per heavy atom. The standard InChI is InChI=1S/C21H28N2O5/c1-26-10-3-11-28-16-5-4-14-13-20(8-6-15(27-2)7-9-20)21(17(14)12-16)18(24)22-19(25)23-21/h4-5,12,15H,3,6-11,13H2,1-2H3,(H2,22,23,24,25). The van der Waals surface area contributed by atoms with Crippen LogP contribution in [0.5, 0.6) is 5.75 Å². The summed E-state index contributed by atoms with van der Waals surface area (Å²) in [6.07, 6.45) is 5.21. The van der Waals surface area contributed by atoms with Gasteiger partial charge in [-0.05, 0) is 55.4 Å². The maximum Gasteiger partial charge on any atom is 0.322 e. The van der Waals surface area contributed by atoms with Gasteiger partial charge in [0.1, 0.15) is 5.75 Å². The first-order valence-electron chi connectivity index (χ1n) is 9.96. The van der Waals surface area contributed by atoms with Crippen LogP contribution in [0.3, 0.4) is 0 Å². The maximum atomic E-state index is 13.1. The van der Waals surface area contributed by atoms with Crippen LogP contribution in [-0.2, 0) is 26.2 Å². The SMILES string of the molecule is COCCCOc1ccc2c(c1)C1(NC(=O)NC1=O)C1(CCC(OC)CC1)C2. The summed E-state index contributed by atoms with van der Waals surface area (Å²) in [5.41, 5.74) is 0.632. The summed E-state index contributed by atoms with van der Waals surface area (Å²) in [7, 11) is 3.40. The molecule has 0 radical (unpaired) electrons. The van der Waals surface area contributed by atoms with Crippen LogP contribution < -0.4 is 15.4 Å². The van der Waals surface area contributed by atoms with Crippen molar-refractivity contribution in [1.29, 1.82) is 0 Å². The van der Waals surface area contributed by atoms with Crippen molar-refractivity contribution in [3.8, 4) is 5.75 Å². The molecule has 28 heavy (non-hydrogen) atoms. The van der Waals surface area contributed by atoms with Crippen LogP contribution >= 0.6 is 0 Å². The highest BCUT2D eigenvalue weighted by Gasteiger charge is 2.66. The number of carbonyl (C=O) groups is 2. The molecule has 2 N–H and O–H groups in total. The zero-order chi connectivity index (χ0) is 19.8. The van der Waals surface area contributed by atoms with Crippen LogP contribution in [0.4, 0.5) is 4.79 Å². The van der Waals surface area contributed by atoms with Gasteiger partial charge in [-0.1, -0.05) is 6.07 Å². The summed E-state index contributed by atoms with van der Waals surface area (Å²) in [6, 6.07) is 5.51. The Morgan fingerprint density at radius 3 is 2.57 bits per heavy atom. The van der Waals surface area contributed by atoms with Gasteiger partial charge in [0, 0.05) is 32.7 Å². The predicted molar refractivity (Wildman–Crippen MR) is 102 cm³/mol. The zero-order valence-corrected chi connectivity index (χ0v) is 16.5. The van der Waals surface area contributed by atoms with Crippen LogP contribution in [0.25, 0.3) is 0 Å². The van der Waals surface area contributed by atoms with Crippen molar-refractivity contribution in [3.05, 3.63) is 29.3 Å². The minimum atomic E-state index is -1.02. The van der Waals surface area contributed by atoms with Gasteiger partial charge in [-0.3, -0.25) is 10.1 Å². The number of carbonyl (C=O) groups excluding carboxylic acids is 2. The molecule has 7 heteroatoms. The summed E-state index contributed by atoms with van der Waals surface area (Å²) in [5, 5.41) is 5.51. The highest BCUT2D eigenvalue weighted by atomic mass is 16.5. The fraction of sp³-hybridized carbons (Fsp3) is 0.619. The largest absolute Gasteiger partial charge is 0.493 e. The number of imide groups is 1. The molecule has 2 fully saturated rings. The molecule has 1 aromatic rings. The van der Waals surface area contributed by atoms with Crippen LogP contribution in [0.15, 0.2) is 18.2 Å². The number of benzene rings is 1. The van der Waals surface area contributed by atoms with Gasteiger partial charge in [0.2, 0.25) is 0 Å². The quantitative estimate of drug-likeness (QED) is 0.577. The van der Waals surface area contributed by atoms with Crippen molar-refractivity contribution in [2.24, 2.45) is 5.41 Å². The molecule has 2 aliphatic carbocycles. The Bertz CT molecular complexity index is 772. The van der Waals surface area contributed by atoms with Crippen molar-refractivity contribution in [1.82, 2.24) is 10.6 Å². The molecule has 0 aromatic heterocycles. The molecule has 1 heterocycles. The molecular weight excluding hydrogens is 360 g/mol. The number of hydrogen-bond acceptors (Lipinski definition) is 5. The normalized spacial score (nSPS) is 31.1. The lowest BCUT2D eigenvalue weighted by molar-refractivity contribution is -0.131. The van der Waals surface area contributed by atoms with E-state index in [2.05, 4.69) is 10.6 Å². The van der Waals surface area contributed by atoms with Crippen LogP contribution in [0.2, 0.25) is 0 Å². The van der Waals surface area contributed by atoms with E-state index in [1.807, 2.05) is 18.2 Å². The Morgan fingerprint density at radius 1 is 1.14 bits per heavy atom. The number of amides is 3. The van der Waals surface area contributed by atoms with Gasteiger partial charge in [-0.25, -0.2) is 4.79 Å². The topological polar surface area (TPSA) is 85.9 Å². The highest BCUT2D eigenvalue weighted by Crippen LogP contribution is 2.59. The second kappa shape index (κ2) is 7.37. The molecule has 3 amide bonds. The molecule has 1 saturated carbocycles. The molecular formula is C21H28N2O5. The molecule has 2 spiro atoms. The number of ether oxygens (including phenoxy) is 3. The molecule has 1 atom stereocenters. The lowest BCUT2D eigenvalue weighted by atomic mass is 9.61. The van der Waals surface area contributed by atoms with Gasteiger partial charge in [0.25, 0.3) is 5.91 Å². The molecule has 1 saturated heterocycles. The van der Waals surface area contributed by atoms with Crippen LogP contribution in [-0.4, -0.2) is 45.5 Å². The Hall–Kier alpha value is -2.12. The predicted octanol–water partition coefficient (Wildman–Crippen LogP) is 2.27. The average Bonchev–Trinajstić information content (AvgIpc) is 3.14. The molecule has 152 valence electrons. The molecule has 1 aliphatic heterocycles. The van der Waals surface area contributed by atoms with E-state index in [1.165, 1.54) is 0 Å². The monoisotopic (exact) mass is 388 g/mol. The summed E-state index contributed by atoms with van der Waals surface area (Å²) >= 11 is 0. The summed E-state index contributed by atoms with van der Waals surface area (Å²) in [6.45, 7) is 1.18.